The molecule has 1 aromatic heterocycles. The Balaban J connectivity index is 1.79. The second-order valence-electron chi connectivity index (χ2n) is 7.43. The van der Waals surface area contributed by atoms with Crippen LogP contribution in [0.1, 0.15) is 64.2 Å². The zero-order valence-electron chi connectivity index (χ0n) is 14.9. The summed E-state index contributed by atoms with van der Waals surface area (Å²) in [6.45, 7) is 2.48. The van der Waals surface area contributed by atoms with Gasteiger partial charge < -0.3 is 10.0 Å². The van der Waals surface area contributed by atoms with Crippen molar-refractivity contribution in [2.24, 2.45) is 0 Å². The second-order valence-corrected chi connectivity index (χ2v) is 7.43. The maximum absolute atomic E-state index is 13.2. The van der Waals surface area contributed by atoms with Gasteiger partial charge >= 0.3 is 5.97 Å². The van der Waals surface area contributed by atoms with Gasteiger partial charge in [0.15, 0.2) is 0 Å². The Morgan fingerprint density at radius 1 is 1.12 bits per heavy atom. The van der Waals surface area contributed by atoms with Crippen LogP contribution < -0.4 is 4.90 Å². The van der Waals surface area contributed by atoms with Gasteiger partial charge in [-0.05, 0) is 55.7 Å². The van der Waals surface area contributed by atoms with E-state index in [1.165, 1.54) is 6.42 Å². The first kappa shape index (κ1) is 16.8. The molecule has 0 radical (unpaired) electrons. The maximum Gasteiger partial charge on any atom is 0.335 e. The van der Waals surface area contributed by atoms with Crippen molar-refractivity contribution in [3.8, 4) is 0 Å². The van der Waals surface area contributed by atoms with Crippen LogP contribution in [0.2, 0.25) is 0 Å². The minimum Gasteiger partial charge on any atom is -0.478 e. The summed E-state index contributed by atoms with van der Waals surface area (Å²) in [5, 5.41) is 9.40. The molecule has 0 saturated heterocycles. The number of fused-ring (bicyclic) bond motifs is 2. The van der Waals surface area contributed by atoms with Crippen LogP contribution in [-0.4, -0.2) is 28.5 Å². The molecule has 0 atom stereocenters. The molecular formula is C21H22N2O3. The lowest BCUT2D eigenvalue weighted by Crippen LogP contribution is -2.38. The molecule has 1 aromatic carbocycles. The predicted molar refractivity (Wildman–Crippen MR) is 98.8 cm³/mol. The number of nitrogens with zero attached hydrogens (tertiary/aromatic N) is 2. The Kier molecular flexibility index (Phi) is 4.02. The van der Waals surface area contributed by atoms with Crippen LogP contribution in [0.4, 0.5) is 5.69 Å². The van der Waals surface area contributed by atoms with Crippen LogP contribution in [0.15, 0.2) is 36.4 Å². The van der Waals surface area contributed by atoms with E-state index >= 15 is 0 Å². The highest BCUT2D eigenvalue weighted by Crippen LogP contribution is 2.49. The van der Waals surface area contributed by atoms with E-state index in [1.807, 2.05) is 19.1 Å². The van der Waals surface area contributed by atoms with E-state index in [0.29, 0.717) is 12.2 Å². The Hall–Kier alpha value is -2.69. The van der Waals surface area contributed by atoms with Crippen LogP contribution >= 0.6 is 0 Å². The van der Waals surface area contributed by atoms with Gasteiger partial charge in [0.05, 0.1) is 5.56 Å². The van der Waals surface area contributed by atoms with E-state index in [1.54, 1.807) is 29.2 Å². The third-order valence-electron chi connectivity index (χ3n) is 5.73. The molecule has 5 nitrogen and oxygen atoms in total. The summed E-state index contributed by atoms with van der Waals surface area (Å²) >= 11 is 0. The van der Waals surface area contributed by atoms with Crippen molar-refractivity contribution in [2.45, 2.75) is 44.4 Å². The predicted octanol–water partition coefficient (Wildman–Crippen LogP) is 3.95. The topological polar surface area (TPSA) is 70.5 Å². The fourth-order valence-corrected chi connectivity index (χ4v) is 4.44. The number of benzene rings is 1. The summed E-state index contributed by atoms with van der Waals surface area (Å²) in [5.41, 5.74) is 3.26. The number of hydrogen-bond acceptors (Lipinski definition) is 3. The Morgan fingerprint density at radius 3 is 2.58 bits per heavy atom. The molecule has 1 spiro atoms. The third-order valence-corrected chi connectivity index (χ3v) is 5.73. The highest BCUT2D eigenvalue weighted by atomic mass is 16.4. The number of amides is 1. The molecule has 1 aliphatic heterocycles. The van der Waals surface area contributed by atoms with Crippen molar-refractivity contribution in [3.63, 3.8) is 0 Å². The van der Waals surface area contributed by atoms with Crippen LogP contribution in [0, 0.1) is 6.92 Å². The molecule has 1 fully saturated rings. The first-order chi connectivity index (χ1) is 12.5. The molecule has 26 heavy (non-hydrogen) atoms. The molecule has 4 rings (SSSR count). The number of aromatic carboxylic acids is 1. The minimum absolute atomic E-state index is 0.111. The number of pyridine rings is 1. The molecule has 1 amide bonds. The summed E-state index contributed by atoms with van der Waals surface area (Å²) in [4.78, 5) is 30.8. The van der Waals surface area contributed by atoms with Gasteiger partial charge in [0.2, 0.25) is 0 Å². The number of carbonyl (C=O) groups excluding carboxylic acids is 1. The van der Waals surface area contributed by atoms with Gasteiger partial charge in [-0.15, -0.1) is 0 Å². The van der Waals surface area contributed by atoms with Crippen molar-refractivity contribution in [1.82, 2.24) is 4.98 Å². The normalized spacial score (nSPS) is 18.0. The molecule has 1 aliphatic carbocycles. The van der Waals surface area contributed by atoms with E-state index in [-0.39, 0.29) is 16.9 Å². The number of carboxylic acids is 1. The molecule has 0 bridgehead atoms. The number of anilines is 1. The van der Waals surface area contributed by atoms with E-state index in [4.69, 9.17) is 0 Å². The molecule has 1 saturated carbocycles. The maximum atomic E-state index is 13.2. The number of hydrogen-bond donors (Lipinski definition) is 1. The summed E-state index contributed by atoms with van der Waals surface area (Å²) in [5.74, 6) is -1.04. The van der Waals surface area contributed by atoms with E-state index in [9.17, 15) is 14.7 Å². The Bertz CT molecular complexity index is 885. The summed E-state index contributed by atoms with van der Waals surface area (Å²) in [6, 6.07) is 10.6. The number of aromatic nitrogens is 1. The monoisotopic (exact) mass is 350 g/mol. The summed E-state index contributed by atoms with van der Waals surface area (Å²) in [6.07, 6.45) is 5.41. The van der Waals surface area contributed by atoms with Crippen molar-refractivity contribution < 1.29 is 14.7 Å². The van der Waals surface area contributed by atoms with Crippen LogP contribution in [0.5, 0.6) is 0 Å². The summed E-state index contributed by atoms with van der Waals surface area (Å²) in [7, 11) is 0. The van der Waals surface area contributed by atoms with E-state index < -0.39 is 5.97 Å². The van der Waals surface area contributed by atoms with Crippen LogP contribution in [0.3, 0.4) is 0 Å². The number of aryl methyl sites for hydroxylation is 1. The molecule has 134 valence electrons. The lowest BCUT2D eigenvalue weighted by Gasteiger charge is -2.34. The van der Waals surface area contributed by atoms with E-state index in [2.05, 4.69) is 4.98 Å². The zero-order valence-corrected chi connectivity index (χ0v) is 14.9. The zero-order chi connectivity index (χ0) is 18.3. The average molecular weight is 350 g/mol. The molecule has 0 unspecified atom stereocenters. The fourth-order valence-electron chi connectivity index (χ4n) is 4.44. The fraction of sp³-hybridized carbons (Fsp3) is 0.381. The van der Waals surface area contributed by atoms with Gasteiger partial charge in [0, 0.05) is 23.3 Å². The van der Waals surface area contributed by atoms with Crippen LogP contribution in [0.25, 0.3) is 0 Å². The van der Waals surface area contributed by atoms with Crippen molar-refractivity contribution >= 4 is 17.6 Å². The van der Waals surface area contributed by atoms with Gasteiger partial charge in [0.1, 0.15) is 5.69 Å². The first-order valence-electron chi connectivity index (χ1n) is 9.14. The Morgan fingerprint density at radius 2 is 1.88 bits per heavy atom. The van der Waals surface area contributed by atoms with Gasteiger partial charge in [-0.3, -0.25) is 4.79 Å². The minimum atomic E-state index is -0.927. The summed E-state index contributed by atoms with van der Waals surface area (Å²) < 4.78 is 0. The molecule has 2 heterocycles. The number of rotatable bonds is 2. The lowest BCUT2D eigenvalue weighted by molar-refractivity contribution is 0.0696. The largest absolute Gasteiger partial charge is 0.478 e. The molecule has 5 heteroatoms. The molecule has 2 aromatic rings. The van der Waals surface area contributed by atoms with Gasteiger partial charge in [0.25, 0.3) is 5.91 Å². The van der Waals surface area contributed by atoms with Crippen molar-refractivity contribution in [3.05, 3.63) is 58.9 Å². The average Bonchev–Trinajstić information content (AvgIpc) is 2.95. The second kappa shape index (κ2) is 6.24. The third kappa shape index (κ3) is 2.68. The van der Waals surface area contributed by atoms with Gasteiger partial charge in [-0.2, -0.15) is 0 Å². The SMILES string of the molecule is Cc1cccc(C(=O)N2CC3(CCCCC3)c3cc(C(=O)O)ccc32)n1. The smallest absolute Gasteiger partial charge is 0.335 e. The van der Waals surface area contributed by atoms with Gasteiger partial charge in [-0.1, -0.05) is 25.3 Å². The lowest BCUT2D eigenvalue weighted by atomic mass is 9.70. The van der Waals surface area contributed by atoms with Crippen molar-refractivity contribution in [2.75, 3.05) is 11.4 Å². The number of carbonyl (C=O) groups is 2. The van der Waals surface area contributed by atoms with Crippen molar-refractivity contribution in [1.29, 1.82) is 0 Å². The number of carboxylic acid groups (broad SMARTS) is 1. The molecular weight excluding hydrogens is 328 g/mol. The van der Waals surface area contributed by atoms with Gasteiger partial charge in [-0.25, -0.2) is 9.78 Å². The Labute approximate surface area is 152 Å². The quantitative estimate of drug-likeness (QED) is 0.890. The standard InChI is InChI=1S/C21H22N2O3/c1-14-6-5-7-17(22-14)19(24)23-13-21(10-3-2-4-11-21)16-12-15(20(25)26)8-9-18(16)23/h5-9,12H,2-4,10-11,13H2,1H3,(H,25,26). The molecule has 1 N–H and O–H groups in total. The van der Waals surface area contributed by atoms with E-state index in [0.717, 1.165) is 42.6 Å². The highest BCUT2D eigenvalue weighted by molar-refractivity contribution is 6.07. The highest BCUT2D eigenvalue weighted by Gasteiger charge is 2.45. The van der Waals surface area contributed by atoms with Crippen LogP contribution in [-0.2, 0) is 5.41 Å². The molecule has 2 aliphatic rings. The first-order valence-corrected chi connectivity index (χ1v) is 9.14.